The quantitative estimate of drug-likeness (QED) is 0.837. The highest BCUT2D eigenvalue weighted by Gasteiger charge is 2.39. The van der Waals surface area contributed by atoms with Crippen LogP contribution in [0, 0.1) is 11.8 Å². The van der Waals surface area contributed by atoms with Gasteiger partial charge in [0.25, 0.3) is 5.91 Å². The first-order valence-electron chi connectivity index (χ1n) is 6.63. The van der Waals surface area contributed by atoms with Crippen molar-refractivity contribution in [2.75, 3.05) is 13.1 Å². The van der Waals surface area contributed by atoms with Crippen LogP contribution < -0.4 is 5.73 Å². The average molecular weight is 302 g/mol. The zero-order valence-electron chi connectivity index (χ0n) is 10.5. The van der Waals surface area contributed by atoms with Gasteiger partial charge >= 0.3 is 0 Å². The Labute approximate surface area is 122 Å². The number of aromatic amines is 1. The van der Waals surface area contributed by atoms with Gasteiger partial charge in [-0.25, -0.2) is 0 Å². The summed E-state index contributed by atoms with van der Waals surface area (Å²) in [5.74, 6) is 1.13. The predicted octanol–water partition coefficient (Wildman–Crippen LogP) is 2.52. The Kier molecular flexibility index (Phi) is 3.50. The molecule has 1 unspecified atom stereocenters. The number of nitrogens with two attached hydrogens (primary N) is 1. The maximum absolute atomic E-state index is 12.4. The van der Waals surface area contributed by atoms with Gasteiger partial charge in [-0.2, -0.15) is 0 Å². The molecule has 104 valence electrons. The van der Waals surface area contributed by atoms with Crippen LogP contribution in [0.1, 0.15) is 29.8 Å². The smallest absolute Gasteiger partial charge is 0.270 e. The molecule has 4 nitrogen and oxygen atoms in total. The van der Waals surface area contributed by atoms with E-state index in [4.69, 9.17) is 28.9 Å². The van der Waals surface area contributed by atoms with Crippen LogP contribution in [0.2, 0.25) is 10.2 Å². The molecule has 2 aliphatic rings. The fourth-order valence-electron chi connectivity index (χ4n) is 3.32. The molecule has 0 aromatic carbocycles. The molecule has 1 amide bonds. The third-order valence-corrected chi connectivity index (χ3v) is 5.03. The second-order valence-electron chi connectivity index (χ2n) is 5.65. The number of aromatic nitrogens is 1. The van der Waals surface area contributed by atoms with Gasteiger partial charge in [-0.3, -0.25) is 4.79 Å². The van der Waals surface area contributed by atoms with Crippen molar-refractivity contribution < 1.29 is 4.79 Å². The van der Waals surface area contributed by atoms with Crippen molar-refractivity contribution in [1.82, 2.24) is 9.88 Å². The zero-order valence-corrected chi connectivity index (χ0v) is 12.0. The fourth-order valence-corrected chi connectivity index (χ4v) is 3.64. The van der Waals surface area contributed by atoms with Gasteiger partial charge in [0.05, 0.1) is 5.02 Å². The molecule has 2 heterocycles. The van der Waals surface area contributed by atoms with Crippen LogP contribution in [-0.4, -0.2) is 34.9 Å². The van der Waals surface area contributed by atoms with Crippen molar-refractivity contribution >= 4 is 29.1 Å². The van der Waals surface area contributed by atoms with Gasteiger partial charge in [0.1, 0.15) is 10.8 Å². The Morgan fingerprint density at radius 1 is 1.32 bits per heavy atom. The number of nitrogens with zero attached hydrogens (tertiary/aromatic N) is 1. The summed E-state index contributed by atoms with van der Waals surface area (Å²) < 4.78 is 0. The van der Waals surface area contributed by atoms with Crippen molar-refractivity contribution in [1.29, 1.82) is 0 Å². The van der Waals surface area contributed by atoms with E-state index >= 15 is 0 Å². The first-order valence-corrected chi connectivity index (χ1v) is 7.39. The van der Waals surface area contributed by atoms with Gasteiger partial charge in [0.15, 0.2) is 0 Å². The van der Waals surface area contributed by atoms with E-state index in [1.165, 1.54) is 0 Å². The van der Waals surface area contributed by atoms with Gasteiger partial charge in [-0.05, 0) is 37.2 Å². The van der Waals surface area contributed by atoms with E-state index in [9.17, 15) is 4.79 Å². The molecule has 19 heavy (non-hydrogen) atoms. The van der Waals surface area contributed by atoms with Crippen LogP contribution in [0.4, 0.5) is 0 Å². The third kappa shape index (κ3) is 2.49. The summed E-state index contributed by atoms with van der Waals surface area (Å²) in [6.45, 7) is 1.62. The fraction of sp³-hybridized carbons (Fsp3) is 0.615. The van der Waals surface area contributed by atoms with Crippen LogP contribution in [0.15, 0.2) is 6.07 Å². The molecule has 6 heteroatoms. The number of likely N-dealkylation sites (tertiary alicyclic amines) is 1. The third-order valence-electron chi connectivity index (χ3n) is 4.33. The van der Waals surface area contributed by atoms with E-state index < -0.39 is 0 Å². The van der Waals surface area contributed by atoms with Crippen LogP contribution in [0.3, 0.4) is 0 Å². The number of rotatable bonds is 1. The Morgan fingerprint density at radius 2 is 2.05 bits per heavy atom. The normalized spacial score (nSPS) is 30.5. The van der Waals surface area contributed by atoms with Crippen LogP contribution in [0.25, 0.3) is 0 Å². The van der Waals surface area contributed by atoms with Crippen molar-refractivity contribution in [2.45, 2.75) is 25.3 Å². The monoisotopic (exact) mass is 301 g/mol. The van der Waals surface area contributed by atoms with E-state index in [0.717, 1.165) is 32.4 Å². The van der Waals surface area contributed by atoms with Crippen molar-refractivity contribution in [3.05, 3.63) is 21.9 Å². The molecule has 0 spiro atoms. The number of carbonyl (C=O) groups excluding carboxylic acids is 1. The first-order chi connectivity index (χ1) is 9.04. The van der Waals surface area contributed by atoms with E-state index in [0.29, 0.717) is 33.7 Å². The summed E-state index contributed by atoms with van der Waals surface area (Å²) in [6, 6.07) is 1.89. The highest BCUT2D eigenvalue weighted by Crippen LogP contribution is 2.36. The maximum Gasteiger partial charge on any atom is 0.270 e. The number of fused-ring (bicyclic) bond motifs is 1. The SMILES string of the molecule is NC1CC[C@@H]2CN(C(=O)c3cc(Cl)c(Cl)[nH]3)C[C@@H]2C1. The van der Waals surface area contributed by atoms with E-state index in [1.807, 2.05) is 4.90 Å². The maximum atomic E-state index is 12.4. The van der Waals surface area contributed by atoms with Crippen molar-refractivity contribution in [2.24, 2.45) is 17.6 Å². The number of hydrogen-bond donors (Lipinski definition) is 2. The van der Waals surface area contributed by atoms with Gasteiger partial charge in [-0.1, -0.05) is 23.2 Å². The molecule has 1 saturated heterocycles. The van der Waals surface area contributed by atoms with Crippen molar-refractivity contribution in [3.63, 3.8) is 0 Å². The predicted molar refractivity (Wildman–Crippen MR) is 75.5 cm³/mol. The van der Waals surface area contributed by atoms with Gasteiger partial charge in [-0.15, -0.1) is 0 Å². The summed E-state index contributed by atoms with van der Waals surface area (Å²) in [5.41, 5.74) is 6.47. The standard InChI is InChI=1S/C13H17Cl2N3O/c14-10-4-11(17-12(10)15)13(19)18-5-7-1-2-9(16)3-8(7)6-18/h4,7-9,17H,1-3,5-6,16H2/t7-,8+,9?/m1/s1. The minimum atomic E-state index is -0.0169. The number of nitrogens with one attached hydrogen (secondary N) is 1. The van der Waals surface area contributed by atoms with E-state index in [1.54, 1.807) is 6.07 Å². The summed E-state index contributed by atoms with van der Waals surface area (Å²) in [4.78, 5) is 17.1. The molecule has 1 aromatic heterocycles. The number of halogens is 2. The molecule has 3 N–H and O–H groups in total. The van der Waals surface area contributed by atoms with Gasteiger partial charge in [0, 0.05) is 19.1 Å². The van der Waals surface area contributed by atoms with Crippen LogP contribution in [-0.2, 0) is 0 Å². The molecule has 0 radical (unpaired) electrons. The second kappa shape index (κ2) is 5.00. The largest absolute Gasteiger partial charge is 0.340 e. The topological polar surface area (TPSA) is 62.1 Å². The van der Waals surface area contributed by atoms with Crippen molar-refractivity contribution in [3.8, 4) is 0 Å². The first kappa shape index (κ1) is 13.3. The molecule has 3 atom stereocenters. The highest BCUT2D eigenvalue weighted by atomic mass is 35.5. The lowest BCUT2D eigenvalue weighted by Crippen LogP contribution is -2.32. The minimum Gasteiger partial charge on any atom is -0.340 e. The molecule has 0 bridgehead atoms. The number of H-pyrrole nitrogens is 1. The van der Waals surface area contributed by atoms with E-state index in [2.05, 4.69) is 4.98 Å². The Balaban J connectivity index is 1.72. The highest BCUT2D eigenvalue weighted by molar-refractivity contribution is 6.41. The Hall–Kier alpha value is -0.710. The molecule has 3 rings (SSSR count). The summed E-state index contributed by atoms with van der Waals surface area (Å²) in [6.07, 6.45) is 3.23. The van der Waals surface area contributed by atoms with Crippen LogP contribution >= 0.6 is 23.2 Å². The molecule has 2 fully saturated rings. The van der Waals surface area contributed by atoms with Crippen LogP contribution in [0.5, 0.6) is 0 Å². The molecule has 1 aliphatic heterocycles. The zero-order chi connectivity index (χ0) is 13.6. The molecular formula is C13H17Cl2N3O. The lowest BCUT2D eigenvalue weighted by molar-refractivity contribution is 0.0779. The van der Waals surface area contributed by atoms with E-state index in [-0.39, 0.29) is 5.91 Å². The lowest BCUT2D eigenvalue weighted by atomic mass is 9.79. The summed E-state index contributed by atoms with van der Waals surface area (Å²) >= 11 is 11.7. The summed E-state index contributed by atoms with van der Waals surface area (Å²) in [5, 5.41) is 0.715. The van der Waals surface area contributed by atoms with Gasteiger partial charge in [0.2, 0.25) is 0 Å². The molecular weight excluding hydrogens is 285 g/mol. The molecule has 1 aromatic rings. The lowest BCUT2D eigenvalue weighted by Gasteiger charge is -2.27. The second-order valence-corrected chi connectivity index (χ2v) is 6.43. The number of hydrogen-bond acceptors (Lipinski definition) is 2. The van der Waals surface area contributed by atoms with Gasteiger partial charge < -0.3 is 15.6 Å². The average Bonchev–Trinajstić information content (AvgIpc) is 2.92. The Bertz CT molecular complexity index is 483. The number of amides is 1. The summed E-state index contributed by atoms with van der Waals surface area (Å²) in [7, 11) is 0. The Morgan fingerprint density at radius 3 is 2.74 bits per heavy atom. The molecule has 1 aliphatic carbocycles. The minimum absolute atomic E-state index is 0.0169. The number of carbonyl (C=O) groups is 1. The molecule has 1 saturated carbocycles.